The molecule has 0 aliphatic carbocycles. The van der Waals surface area contributed by atoms with Crippen LogP contribution in [0.2, 0.25) is 0 Å². The van der Waals surface area contributed by atoms with E-state index in [9.17, 15) is 19.5 Å². The molecule has 0 fully saturated rings. The van der Waals surface area contributed by atoms with Gasteiger partial charge < -0.3 is 25.6 Å². The van der Waals surface area contributed by atoms with Crippen LogP contribution in [0.4, 0.5) is 0 Å². The highest BCUT2D eigenvalue weighted by atomic mass is 16.5. The van der Waals surface area contributed by atoms with E-state index >= 15 is 0 Å². The molecule has 0 aliphatic rings. The summed E-state index contributed by atoms with van der Waals surface area (Å²) in [5.74, 6) is -0.842. The Labute approximate surface area is 313 Å². The summed E-state index contributed by atoms with van der Waals surface area (Å²) in [4.78, 5) is 48.0. The van der Waals surface area contributed by atoms with Gasteiger partial charge in [0.25, 0.3) is 5.91 Å². The highest BCUT2D eigenvalue weighted by molar-refractivity contribution is 5.98. The number of carboxylic acids is 1. The van der Waals surface area contributed by atoms with E-state index in [0.717, 1.165) is 40.0 Å². The molecule has 282 valence electrons. The van der Waals surface area contributed by atoms with Crippen molar-refractivity contribution >= 4 is 17.8 Å². The van der Waals surface area contributed by atoms with E-state index in [0.29, 0.717) is 30.8 Å². The smallest absolute Gasteiger partial charge is 0.326 e. The predicted molar refractivity (Wildman–Crippen MR) is 208 cm³/mol. The number of amides is 2. The molecule has 0 bridgehead atoms. The summed E-state index contributed by atoms with van der Waals surface area (Å²) in [5.41, 5.74) is 4.76. The molecule has 2 amide bonds. The summed E-state index contributed by atoms with van der Waals surface area (Å²) in [6, 6.07) is 20.4. The number of carbonyl (C=O) groups excluding carboxylic acids is 2. The van der Waals surface area contributed by atoms with E-state index in [-0.39, 0.29) is 24.9 Å². The number of aliphatic carboxylic acids is 1. The average molecular weight is 723 g/mol. The van der Waals surface area contributed by atoms with Gasteiger partial charge in [0.1, 0.15) is 17.8 Å². The van der Waals surface area contributed by atoms with Gasteiger partial charge >= 0.3 is 5.97 Å². The van der Waals surface area contributed by atoms with Gasteiger partial charge in [-0.2, -0.15) is 0 Å². The maximum absolute atomic E-state index is 13.5. The summed E-state index contributed by atoms with van der Waals surface area (Å²) in [5, 5.41) is 24.3. The van der Waals surface area contributed by atoms with Crippen LogP contribution in [-0.4, -0.2) is 63.3 Å². The molecule has 1 heterocycles. The molecule has 1 aromatic heterocycles. The number of ether oxygens (including phenoxy) is 1. The number of unbranched alkanes of at least 4 members (excludes halogenated alkanes) is 5. The molecule has 1 unspecified atom stereocenters. The fourth-order valence-corrected chi connectivity index (χ4v) is 5.85. The molecule has 0 aliphatic heterocycles. The van der Waals surface area contributed by atoms with Crippen LogP contribution in [0, 0.1) is 0 Å². The van der Waals surface area contributed by atoms with Gasteiger partial charge in [0, 0.05) is 42.1 Å². The van der Waals surface area contributed by atoms with Crippen molar-refractivity contribution in [1.82, 2.24) is 20.6 Å². The van der Waals surface area contributed by atoms with E-state index in [1.807, 2.05) is 60.7 Å². The van der Waals surface area contributed by atoms with Gasteiger partial charge in [-0.1, -0.05) is 102 Å². The standard InChI is InChI=1S/C43H54N4O6/c1-5-6-7-8-11-26-53-36-23-19-31(20-24-36)34-28-44-39(45-29-34)32-15-13-30(14-16-32)27-38(41(50)46-37(42(51)52)12-9-10-25-48)47-40(49)33-17-21-35(22-18-33)43(2,3)4/h13-24,28-29,37-38,48H,5-12,25-27H2,1-4H3,(H,46,50)(H,47,49)(H,51,52)/t37?,38-/m0/s1. The Morgan fingerprint density at radius 3 is 1.98 bits per heavy atom. The van der Waals surface area contributed by atoms with Crippen molar-refractivity contribution in [1.29, 1.82) is 0 Å². The Kier molecular flexibility index (Phi) is 15.5. The van der Waals surface area contributed by atoms with Crippen molar-refractivity contribution < 1.29 is 29.3 Å². The third-order valence-corrected chi connectivity index (χ3v) is 9.16. The van der Waals surface area contributed by atoms with Crippen molar-refractivity contribution in [2.45, 2.75) is 103 Å². The lowest BCUT2D eigenvalue weighted by atomic mass is 9.86. The van der Waals surface area contributed by atoms with Gasteiger partial charge in [-0.3, -0.25) is 9.59 Å². The van der Waals surface area contributed by atoms with E-state index < -0.39 is 29.9 Å². The first-order chi connectivity index (χ1) is 25.5. The van der Waals surface area contributed by atoms with Crippen LogP contribution in [0.5, 0.6) is 5.75 Å². The van der Waals surface area contributed by atoms with Gasteiger partial charge in [0.2, 0.25) is 5.91 Å². The van der Waals surface area contributed by atoms with Crippen LogP contribution in [0.15, 0.2) is 85.2 Å². The van der Waals surface area contributed by atoms with Crippen LogP contribution in [0.3, 0.4) is 0 Å². The van der Waals surface area contributed by atoms with E-state index in [1.165, 1.54) is 25.7 Å². The van der Waals surface area contributed by atoms with Crippen molar-refractivity contribution in [2.24, 2.45) is 0 Å². The Balaban J connectivity index is 1.43. The lowest BCUT2D eigenvalue weighted by molar-refractivity contribution is -0.142. The van der Waals surface area contributed by atoms with E-state index in [1.54, 1.807) is 24.5 Å². The summed E-state index contributed by atoms with van der Waals surface area (Å²) in [6.45, 7) is 9.11. The zero-order valence-corrected chi connectivity index (χ0v) is 31.4. The van der Waals surface area contributed by atoms with Crippen molar-refractivity contribution in [3.8, 4) is 28.3 Å². The number of aromatic nitrogens is 2. The predicted octanol–water partition coefficient (Wildman–Crippen LogP) is 7.53. The molecule has 10 heteroatoms. The highest BCUT2D eigenvalue weighted by Gasteiger charge is 2.27. The molecule has 0 radical (unpaired) electrons. The second kappa shape index (κ2) is 20.2. The lowest BCUT2D eigenvalue weighted by Gasteiger charge is -2.22. The fourth-order valence-electron chi connectivity index (χ4n) is 5.85. The molecular weight excluding hydrogens is 668 g/mol. The second-order valence-corrected chi connectivity index (χ2v) is 14.5. The molecule has 0 saturated heterocycles. The SMILES string of the molecule is CCCCCCCOc1ccc(-c2cnc(-c3ccc(C[C@H](NC(=O)c4ccc(C(C)(C)C)cc4)C(=O)NC(CCCCO)C(=O)O)cc3)nc2)cc1. The normalized spacial score (nSPS) is 12.5. The van der Waals surface area contributed by atoms with Gasteiger partial charge in [0.15, 0.2) is 5.82 Å². The number of hydrogen-bond donors (Lipinski definition) is 4. The van der Waals surface area contributed by atoms with Gasteiger partial charge in [-0.05, 0) is 72.1 Å². The monoisotopic (exact) mass is 722 g/mol. The zero-order chi connectivity index (χ0) is 38.2. The Morgan fingerprint density at radius 2 is 1.38 bits per heavy atom. The number of carboxylic acid groups (broad SMARTS) is 1. The first-order valence-electron chi connectivity index (χ1n) is 18.7. The maximum atomic E-state index is 13.5. The van der Waals surface area contributed by atoms with Crippen LogP contribution < -0.4 is 15.4 Å². The van der Waals surface area contributed by atoms with Crippen LogP contribution in [0.1, 0.15) is 101 Å². The van der Waals surface area contributed by atoms with Gasteiger partial charge in [-0.25, -0.2) is 14.8 Å². The first kappa shape index (κ1) is 40.7. The number of aliphatic hydroxyl groups excluding tert-OH is 1. The fraction of sp³-hybridized carbons (Fsp3) is 0.419. The summed E-state index contributed by atoms with van der Waals surface area (Å²) in [7, 11) is 0. The molecule has 4 aromatic rings. The van der Waals surface area contributed by atoms with Crippen molar-refractivity contribution in [3.63, 3.8) is 0 Å². The zero-order valence-electron chi connectivity index (χ0n) is 31.4. The maximum Gasteiger partial charge on any atom is 0.326 e. The number of nitrogens with one attached hydrogen (secondary N) is 2. The molecule has 4 N–H and O–H groups in total. The Morgan fingerprint density at radius 1 is 0.736 bits per heavy atom. The summed E-state index contributed by atoms with van der Waals surface area (Å²) < 4.78 is 5.89. The third-order valence-electron chi connectivity index (χ3n) is 9.16. The summed E-state index contributed by atoms with van der Waals surface area (Å²) >= 11 is 0. The van der Waals surface area contributed by atoms with Gasteiger partial charge in [0.05, 0.1) is 6.61 Å². The molecule has 3 aromatic carbocycles. The molecule has 53 heavy (non-hydrogen) atoms. The number of aliphatic hydroxyl groups is 1. The molecular formula is C43H54N4O6. The minimum atomic E-state index is -1.18. The lowest BCUT2D eigenvalue weighted by Crippen LogP contribution is -2.52. The van der Waals surface area contributed by atoms with E-state index in [2.05, 4.69) is 48.3 Å². The van der Waals surface area contributed by atoms with Crippen molar-refractivity contribution in [2.75, 3.05) is 13.2 Å². The molecule has 0 spiro atoms. The molecule has 4 rings (SSSR count). The quantitative estimate of drug-likeness (QED) is 0.0684. The highest BCUT2D eigenvalue weighted by Crippen LogP contribution is 2.25. The topological polar surface area (TPSA) is 151 Å². The van der Waals surface area contributed by atoms with Crippen LogP contribution >= 0.6 is 0 Å². The van der Waals surface area contributed by atoms with Crippen LogP contribution in [-0.2, 0) is 21.4 Å². The second-order valence-electron chi connectivity index (χ2n) is 14.5. The van der Waals surface area contributed by atoms with E-state index in [4.69, 9.17) is 9.84 Å². The molecule has 0 saturated carbocycles. The number of benzene rings is 3. The largest absolute Gasteiger partial charge is 0.494 e. The first-order valence-corrected chi connectivity index (χ1v) is 18.7. The Hall–Kier alpha value is -5.09. The number of hydrogen-bond acceptors (Lipinski definition) is 7. The third kappa shape index (κ3) is 12.8. The minimum Gasteiger partial charge on any atom is -0.494 e. The molecule has 2 atom stereocenters. The summed E-state index contributed by atoms with van der Waals surface area (Å²) in [6.07, 6.45) is 10.7. The number of nitrogens with zero attached hydrogens (tertiary/aromatic N) is 2. The van der Waals surface area contributed by atoms with Crippen molar-refractivity contribution in [3.05, 3.63) is 102 Å². The van der Waals surface area contributed by atoms with Crippen LogP contribution in [0.25, 0.3) is 22.5 Å². The van der Waals surface area contributed by atoms with Gasteiger partial charge in [-0.15, -0.1) is 0 Å². The number of rotatable bonds is 20. The minimum absolute atomic E-state index is 0.0683. The molecule has 10 nitrogen and oxygen atoms in total. The number of carbonyl (C=O) groups is 3. The average Bonchev–Trinajstić information content (AvgIpc) is 3.16. The Bertz CT molecular complexity index is 1730.